The van der Waals surface area contributed by atoms with Crippen LogP contribution in [0.5, 0.6) is 5.75 Å². The highest BCUT2D eigenvalue weighted by molar-refractivity contribution is 6.30. The monoisotopic (exact) mass is 414 g/mol. The van der Waals surface area contributed by atoms with Crippen molar-refractivity contribution < 1.29 is 9.53 Å². The van der Waals surface area contributed by atoms with E-state index in [0.29, 0.717) is 10.8 Å². The van der Waals surface area contributed by atoms with Gasteiger partial charge in [-0.05, 0) is 29.8 Å². The smallest absolute Gasteiger partial charge is 0.330 e. The Labute approximate surface area is 171 Å². The van der Waals surface area contributed by atoms with Gasteiger partial charge in [0.25, 0.3) is 11.5 Å². The first-order chi connectivity index (χ1) is 13.9. The van der Waals surface area contributed by atoms with Crippen LogP contribution < -0.4 is 26.6 Å². The van der Waals surface area contributed by atoms with Crippen LogP contribution >= 0.6 is 11.6 Å². The molecule has 29 heavy (non-hydrogen) atoms. The molecular formula is C20H19ClN4O4. The maximum atomic E-state index is 12.5. The molecule has 0 aliphatic heterocycles. The van der Waals surface area contributed by atoms with Crippen LogP contribution in [0.3, 0.4) is 0 Å². The van der Waals surface area contributed by atoms with Crippen LogP contribution in [-0.2, 0) is 11.3 Å². The number of nitrogens with two attached hydrogens (primary N) is 1. The van der Waals surface area contributed by atoms with Gasteiger partial charge in [-0.25, -0.2) is 4.79 Å². The van der Waals surface area contributed by atoms with Crippen molar-refractivity contribution in [2.45, 2.75) is 6.54 Å². The number of anilines is 2. The van der Waals surface area contributed by atoms with Gasteiger partial charge in [0.2, 0.25) is 0 Å². The van der Waals surface area contributed by atoms with Gasteiger partial charge in [0.1, 0.15) is 11.6 Å². The van der Waals surface area contributed by atoms with E-state index in [1.807, 2.05) is 30.3 Å². The largest absolute Gasteiger partial charge is 0.484 e. The van der Waals surface area contributed by atoms with Gasteiger partial charge in [0.05, 0.1) is 6.54 Å². The standard InChI is InChI=1S/C20H19ClN4O4/c1-24(16(26)12-29-15-9-7-14(21)8-10-15)17-18(22)25(20(28)23-19(17)27)11-13-5-3-2-4-6-13/h2-10H,11-12,22H2,1H3,(H,23,27,28). The average Bonchev–Trinajstić information content (AvgIpc) is 2.71. The quantitative estimate of drug-likeness (QED) is 0.639. The summed E-state index contributed by atoms with van der Waals surface area (Å²) in [4.78, 5) is 40.4. The summed E-state index contributed by atoms with van der Waals surface area (Å²) in [5, 5.41) is 0.542. The summed E-state index contributed by atoms with van der Waals surface area (Å²) in [5.41, 5.74) is 5.38. The number of hydrogen-bond donors (Lipinski definition) is 2. The third kappa shape index (κ3) is 4.67. The number of H-pyrrole nitrogens is 1. The Kier molecular flexibility index (Phi) is 6.04. The van der Waals surface area contributed by atoms with E-state index in [1.165, 1.54) is 11.6 Å². The number of carbonyl (C=O) groups excluding carboxylic acids is 1. The molecule has 8 nitrogen and oxygen atoms in total. The topological polar surface area (TPSA) is 110 Å². The maximum absolute atomic E-state index is 12.5. The molecule has 1 heterocycles. The molecule has 0 spiro atoms. The van der Waals surface area contributed by atoms with E-state index in [9.17, 15) is 14.4 Å². The van der Waals surface area contributed by atoms with E-state index in [0.717, 1.165) is 10.5 Å². The number of likely N-dealkylation sites (N-methyl/N-ethyl adjacent to an activating group) is 1. The van der Waals surface area contributed by atoms with Crippen LogP contribution in [0.2, 0.25) is 5.02 Å². The fourth-order valence-corrected chi connectivity index (χ4v) is 2.85. The lowest BCUT2D eigenvalue weighted by molar-refractivity contribution is -0.120. The number of nitrogens with zero attached hydrogens (tertiary/aromatic N) is 2. The highest BCUT2D eigenvalue weighted by atomic mass is 35.5. The van der Waals surface area contributed by atoms with Crippen molar-refractivity contribution in [1.82, 2.24) is 9.55 Å². The second-order valence-electron chi connectivity index (χ2n) is 6.26. The maximum Gasteiger partial charge on any atom is 0.330 e. The number of carbonyl (C=O) groups is 1. The van der Waals surface area contributed by atoms with E-state index in [-0.39, 0.29) is 24.7 Å². The molecule has 3 rings (SSSR count). The van der Waals surface area contributed by atoms with Gasteiger partial charge in [-0.3, -0.25) is 19.1 Å². The van der Waals surface area contributed by atoms with Gasteiger partial charge >= 0.3 is 5.69 Å². The van der Waals surface area contributed by atoms with Gasteiger partial charge in [0, 0.05) is 12.1 Å². The summed E-state index contributed by atoms with van der Waals surface area (Å²) in [7, 11) is 1.39. The number of aromatic amines is 1. The van der Waals surface area contributed by atoms with Crippen molar-refractivity contribution in [1.29, 1.82) is 0 Å². The lowest BCUT2D eigenvalue weighted by atomic mass is 10.2. The summed E-state index contributed by atoms with van der Waals surface area (Å²) in [5.74, 6) is -0.168. The minimum absolute atomic E-state index is 0.107. The first-order valence-corrected chi connectivity index (χ1v) is 9.06. The summed E-state index contributed by atoms with van der Waals surface area (Å²) in [6, 6.07) is 15.7. The molecule has 1 amide bonds. The van der Waals surface area contributed by atoms with E-state index in [2.05, 4.69) is 4.98 Å². The molecule has 0 aliphatic carbocycles. The fourth-order valence-electron chi connectivity index (χ4n) is 2.72. The van der Waals surface area contributed by atoms with E-state index < -0.39 is 17.2 Å². The zero-order valence-electron chi connectivity index (χ0n) is 15.6. The minimum Gasteiger partial charge on any atom is -0.484 e. The lowest BCUT2D eigenvalue weighted by Crippen LogP contribution is -2.41. The molecule has 0 bridgehead atoms. The number of nitrogens with one attached hydrogen (secondary N) is 1. The third-order valence-corrected chi connectivity index (χ3v) is 4.54. The normalized spacial score (nSPS) is 10.6. The SMILES string of the molecule is CN(C(=O)COc1ccc(Cl)cc1)c1c(N)n(Cc2ccccc2)c(=O)[nH]c1=O. The molecule has 0 saturated heterocycles. The minimum atomic E-state index is -0.751. The van der Waals surface area contributed by atoms with Gasteiger partial charge in [-0.2, -0.15) is 0 Å². The molecule has 0 fully saturated rings. The molecule has 0 aliphatic rings. The van der Waals surface area contributed by atoms with Gasteiger partial charge in [-0.1, -0.05) is 41.9 Å². The number of halogens is 1. The van der Waals surface area contributed by atoms with Gasteiger partial charge in [0.15, 0.2) is 12.3 Å². The number of rotatable bonds is 6. The summed E-state index contributed by atoms with van der Waals surface area (Å²) >= 11 is 5.81. The Bertz CT molecular complexity index is 1120. The Balaban J connectivity index is 1.83. The molecular weight excluding hydrogens is 396 g/mol. The Hall–Kier alpha value is -3.52. The van der Waals surface area contributed by atoms with Crippen molar-refractivity contribution >= 4 is 29.0 Å². The molecule has 1 aromatic heterocycles. The second kappa shape index (κ2) is 8.66. The van der Waals surface area contributed by atoms with E-state index in [1.54, 1.807) is 24.3 Å². The van der Waals surface area contributed by atoms with Crippen molar-refractivity contribution in [3.63, 3.8) is 0 Å². The van der Waals surface area contributed by atoms with Crippen LogP contribution in [0.4, 0.5) is 11.5 Å². The van der Waals surface area contributed by atoms with Crippen molar-refractivity contribution in [2.24, 2.45) is 0 Å². The first kappa shape index (κ1) is 20.2. The summed E-state index contributed by atoms with van der Waals surface area (Å²) in [6.45, 7) is -0.173. The number of benzene rings is 2. The fraction of sp³-hybridized carbons (Fsp3) is 0.150. The molecule has 150 valence electrons. The molecule has 0 saturated carbocycles. The van der Waals surface area contributed by atoms with Crippen LogP contribution in [0.1, 0.15) is 5.56 Å². The summed E-state index contributed by atoms with van der Waals surface area (Å²) < 4.78 is 6.63. The number of nitrogen functional groups attached to an aromatic ring is 1. The van der Waals surface area contributed by atoms with Crippen molar-refractivity contribution in [2.75, 3.05) is 24.3 Å². The second-order valence-corrected chi connectivity index (χ2v) is 6.70. The molecule has 0 unspecified atom stereocenters. The van der Waals surface area contributed by atoms with Crippen LogP contribution in [0.15, 0.2) is 64.2 Å². The zero-order chi connectivity index (χ0) is 21.0. The number of ether oxygens (including phenoxy) is 1. The van der Waals surface area contributed by atoms with Crippen LogP contribution in [0.25, 0.3) is 0 Å². The molecule has 0 radical (unpaired) electrons. The molecule has 2 aromatic carbocycles. The molecule has 0 atom stereocenters. The Morgan fingerprint density at radius 2 is 1.79 bits per heavy atom. The number of hydrogen-bond acceptors (Lipinski definition) is 5. The van der Waals surface area contributed by atoms with Gasteiger partial charge in [-0.15, -0.1) is 0 Å². The zero-order valence-corrected chi connectivity index (χ0v) is 16.3. The first-order valence-electron chi connectivity index (χ1n) is 8.68. The van der Waals surface area contributed by atoms with Crippen molar-refractivity contribution in [3.8, 4) is 5.75 Å². The van der Waals surface area contributed by atoms with Crippen LogP contribution in [-0.4, -0.2) is 29.1 Å². The summed E-state index contributed by atoms with van der Waals surface area (Å²) in [6.07, 6.45) is 0. The lowest BCUT2D eigenvalue weighted by Gasteiger charge is -2.20. The number of amides is 1. The Morgan fingerprint density at radius 1 is 1.14 bits per heavy atom. The van der Waals surface area contributed by atoms with E-state index >= 15 is 0 Å². The predicted molar refractivity (Wildman–Crippen MR) is 112 cm³/mol. The molecule has 9 heteroatoms. The molecule has 3 N–H and O–H groups in total. The van der Waals surface area contributed by atoms with Crippen molar-refractivity contribution in [3.05, 3.63) is 86.0 Å². The molecule has 3 aromatic rings. The van der Waals surface area contributed by atoms with Crippen LogP contribution in [0, 0.1) is 0 Å². The van der Waals surface area contributed by atoms with E-state index in [4.69, 9.17) is 22.1 Å². The number of aromatic nitrogens is 2. The highest BCUT2D eigenvalue weighted by Gasteiger charge is 2.21. The Morgan fingerprint density at radius 3 is 2.45 bits per heavy atom. The third-order valence-electron chi connectivity index (χ3n) is 4.28. The average molecular weight is 415 g/mol. The van der Waals surface area contributed by atoms with Gasteiger partial charge < -0.3 is 15.4 Å². The highest BCUT2D eigenvalue weighted by Crippen LogP contribution is 2.18. The predicted octanol–water partition coefficient (Wildman–Crippen LogP) is 1.86.